The van der Waals surface area contributed by atoms with E-state index in [4.69, 9.17) is 4.74 Å². The van der Waals surface area contributed by atoms with Gasteiger partial charge in [-0.3, -0.25) is 4.90 Å². The molecule has 10 heteroatoms. The van der Waals surface area contributed by atoms with Crippen molar-refractivity contribution in [3.63, 3.8) is 0 Å². The standard InChI is InChI=1S/C20H24BrFN4O3S/c21-17-2-1-16(19(22)13-17)15-24-5-7-25(8-6-24)20-4-3-18(14-23-20)30(27,28)26-9-11-29-12-10-26/h1-4,13-14H,5-12,15H2. The van der Waals surface area contributed by atoms with Crippen LogP contribution in [0.4, 0.5) is 10.2 Å². The van der Waals surface area contributed by atoms with Crippen LogP contribution in [0.25, 0.3) is 0 Å². The van der Waals surface area contributed by atoms with Crippen LogP contribution in [-0.4, -0.2) is 75.1 Å². The summed E-state index contributed by atoms with van der Waals surface area (Å²) in [6, 6.07) is 8.53. The Hall–Kier alpha value is -1.59. The summed E-state index contributed by atoms with van der Waals surface area (Å²) in [4.78, 5) is 8.94. The number of piperazine rings is 1. The van der Waals surface area contributed by atoms with E-state index in [0.717, 1.165) is 36.5 Å². The van der Waals surface area contributed by atoms with Crippen LogP contribution in [0.3, 0.4) is 0 Å². The monoisotopic (exact) mass is 498 g/mol. The van der Waals surface area contributed by atoms with Crippen LogP contribution in [0.2, 0.25) is 0 Å². The van der Waals surface area contributed by atoms with Gasteiger partial charge in [-0.25, -0.2) is 17.8 Å². The lowest BCUT2D eigenvalue weighted by Crippen LogP contribution is -2.46. The number of benzene rings is 1. The maximum absolute atomic E-state index is 14.1. The van der Waals surface area contributed by atoms with Gasteiger partial charge in [0.25, 0.3) is 0 Å². The molecule has 4 rings (SSSR count). The Morgan fingerprint density at radius 1 is 1.03 bits per heavy atom. The maximum atomic E-state index is 14.1. The number of sulfonamides is 1. The van der Waals surface area contributed by atoms with Gasteiger partial charge in [-0.2, -0.15) is 4.31 Å². The number of aromatic nitrogens is 1. The molecule has 2 saturated heterocycles. The lowest BCUT2D eigenvalue weighted by molar-refractivity contribution is 0.0730. The number of ether oxygens (including phenoxy) is 1. The first-order valence-electron chi connectivity index (χ1n) is 9.89. The van der Waals surface area contributed by atoms with E-state index in [9.17, 15) is 12.8 Å². The highest BCUT2D eigenvalue weighted by atomic mass is 79.9. The van der Waals surface area contributed by atoms with Gasteiger partial charge in [0.15, 0.2) is 0 Å². The van der Waals surface area contributed by atoms with Gasteiger partial charge >= 0.3 is 0 Å². The van der Waals surface area contributed by atoms with Crippen LogP contribution in [0.15, 0.2) is 45.9 Å². The van der Waals surface area contributed by atoms with Crippen molar-refractivity contribution in [2.24, 2.45) is 0 Å². The van der Waals surface area contributed by atoms with Crippen molar-refractivity contribution in [3.8, 4) is 0 Å². The highest BCUT2D eigenvalue weighted by Crippen LogP contribution is 2.21. The fourth-order valence-electron chi connectivity index (χ4n) is 3.67. The third kappa shape index (κ3) is 4.83. The number of anilines is 1. The van der Waals surface area contributed by atoms with Crippen LogP contribution in [0.1, 0.15) is 5.56 Å². The van der Waals surface area contributed by atoms with Crippen molar-refractivity contribution in [3.05, 3.63) is 52.4 Å². The van der Waals surface area contributed by atoms with Gasteiger partial charge in [0.05, 0.1) is 13.2 Å². The first kappa shape index (κ1) is 21.6. The van der Waals surface area contributed by atoms with Crippen molar-refractivity contribution in [2.45, 2.75) is 11.4 Å². The number of rotatable bonds is 5. The predicted molar refractivity (Wildman–Crippen MR) is 115 cm³/mol. The molecule has 1 aromatic heterocycles. The van der Waals surface area contributed by atoms with E-state index in [1.807, 2.05) is 6.07 Å². The largest absolute Gasteiger partial charge is 0.379 e. The number of hydrogen-bond donors (Lipinski definition) is 0. The average Bonchev–Trinajstić information content (AvgIpc) is 2.77. The molecule has 2 aromatic rings. The molecule has 0 saturated carbocycles. The summed E-state index contributed by atoms with van der Waals surface area (Å²) in [5.41, 5.74) is 0.683. The summed E-state index contributed by atoms with van der Waals surface area (Å²) in [7, 11) is -3.53. The Morgan fingerprint density at radius 3 is 2.40 bits per heavy atom. The van der Waals surface area contributed by atoms with Crippen LogP contribution >= 0.6 is 15.9 Å². The molecule has 0 bridgehead atoms. The second kappa shape index (κ2) is 9.27. The minimum Gasteiger partial charge on any atom is -0.379 e. The molecule has 3 heterocycles. The summed E-state index contributed by atoms with van der Waals surface area (Å²) >= 11 is 3.28. The molecule has 1 aromatic carbocycles. The Bertz CT molecular complexity index is 976. The molecule has 0 amide bonds. The fraction of sp³-hybridized carbons (Fsp3) is 0.450. The van der Waals surface area contributed by atoms with E-state index < -0.39 is 10.0 Å². The summed E-state index contributed by atoms with van der Waals surface area (Å²) in [5.74, 6) is 0.552. The molecule has 0 aliphatic carbocycles. The van der Waals surface area contributed by atoms with Gasteiger partial charge in [0.2, 0.25) is 10.0 Å². The second-order valence-corrected chi connectivity index (χ2v) is 10.2. The van der Waals surface area contributed by atoms with Crippen molar-refractivity contribution in [1.29, 1.82) is 0 Å². The van der Waals surface area contributed by atoms with Crippen LogP contribution in [0.5, 0.6) is 0 Å². The third-order valence-corrected chi connectivity index (χ3v) is 7.81. The minimum absolute atomic E-state index is 0.203. The van der Waals surface area contributed by atoms with E-state index in [-0.39, 0.29) is 10.7 Å². The zero-order chi connectivity index (χ0) is 21.1. The molecular formula is C20H24BrFN4O3S. The van der Waals surface area contributed by atoms with Gasteiger partial charge in [-0.05, 0) is 24.3 Å². The van der Waals surface area contributed by atoms with E-state index in [2.05, 4.69) is 30.7 Å². The van der Waals surface area contributed by atoms with Gasteiger partial charge in [-0.15, -0.1) is 0 Å². The fourth-order valence-corrected chi connectivity index (χ4v) is 5.36. The van der Waals surface area contributed by atoms with Crippen molar-refractivity contribution in [2.75, 3.05) is 57.4 Å². The second-order valence-electron chi connectivity index (χ2n) is 7.37. The number of morpholine rings is 1. The predicted octanol–water partition coefficient (Wildman–Crippen LogP) is 2.33. The normalized spacial score (nSPS) is 19.2. The first-order valence-corrected chi connectivity index (χ1v) is 12.1. The van der Waals surface area contributed by atoms with E-state index in [1.54, 1.807) is 18.2 Å². The third-order valence-electron chi connectivity index (χ3n) is 5.43. The minimum atomic E-state index is -3.53. The maximum Gasteiger partial charge on any atom is 0.244 e. The highest BCUT2D eigenvalue weighted by Gasteiger charge is 2.27. The summed E-state index contributed by atoms with van der Waals surface area (Å²) in [5, 5.41) is 0. The molecule has 2 aliphatic rings. The van der Waals surface area contributed by atoms with Crippen molar-refractivity contribution >= 4 is 31.8 Å². The van der Waals surface area contributed by atoms with Crippen LogP contribution in [-0.2, 0) is 21.3 Å². The Labute approximate surface area is 184 Å². The van der Waals surface area contributed by atoms with Crippen LogP contribution in [0, 0.1) is 5.82 Å². The Balaban J connectivity index is 1.35. The topological polar surface area (TPSA) is 66.0 Å². The lowest BCUT2D eigenvalue weighted by atomic mass is 10.2. The quantitative estimate of drug-likeness (QED) is 0.630. The molecule has 2 fully saturated rings. The lowest BCUT2D eigenvalue weighted by Gasteiger charge is -2.35. The van der Waals surface area contributed by atoms with Gasteiger partial charge in [0, 0.05) is 62.0 Å². The zero-order valence-corrected chi connectivity index (χ0v) is 18.9. The Kier molecular flexibility index (Phi) is 6.69. The molecule has 7 nitrogen and oxygen atoms in total. The molecule has 162 valence electrons. The summed E-state index contributed by atoms with van der Waals surface area (Å²) in [6.45, 7) is 5.20. The van der Waals surface area contributed by atoms with Crippen molar-refractivity contribution in [1.82, 2.24) is 14.2 Å². The average molecular weight is 499 g/mol. The smallest absolute Gasteiger partial charge is 0.244 e. The molecule has 0 radical (unpaired) electrons. The summed E-state index contributed by atoms with van der Waals surface area (Å²) in [6.07, 6.45) is 1.43. The molecule has 0 atom stereocenters. The Morgan fingerprint density at radius 2 is 1.77 bits per heavy atom. The van der Waals surface area contributed by atoms with E-state index >= 15 is 0 Å². The number of halogens is 2. The van der Waals surface area contributed by atoms with E-state index in [1.165, 1.54) is 16.6 Å². The van der Waals surface area contributed by atoms with Gasteiger partial charge in [0.1, 0.15) is 16.5 Å². The molecule has 0 unspecified atom stereocenters. The zero-order valence-electron chi connectivity index (χ0n) is 16.5. The van der Waals surface area contributed by atoms with Gasteiger partial charge < -0.3 is 9.64 Å². The molecule has 2 aliphatic heterocycles. The molecular weight excluding hydrogens is 475 g/mol. The van der Waals surface area contributed by atoms with E-state index in [0.29, 0.717) is 38.4 Å². The molecule has 0 N–H and O–H groups in total. The highest BCUT2D eigenvalue weighted by molar-refractivity contribution is 9.10. The molecule has 0 spiro atoms. The summed E-state index contributed by atoms with van der Waals surface area (Å²) < 4.78 is 46.9. The number of nitrogens with zero attached hydrogens (tertiary/aromatic N) is 4. The van der Waals surface area contributed by atoms with Crippen LogP contribution < -0.4 is 4.90 Å². The first-order chi connectivity index (χ1) is 14.4. The number of hydrogen-bond acceptors (Lipinski definition) is 6. The number of pyridine rings is 1. The van der Waals surface area contributed by atoms with Gasteiger partial charge in [-0.1, -0.05) is 22.0 Å². The molecule has 30 heavy (non-hydrogen) atoms. The SMILES string of the molecule is O=S(=O)(c1ccc(N2CCN(Cc3ccc(Br)cc3F)CC2)nc1)N1CCOCC1. The van der Waals surface area contributed by atoms with Crippen molar-refractivity contribution < 1.29 is 17.5 Å².